The van der Waals surface area contributed by atoms with Crippen LogP contribution < -0.4 is 15.4 Å². The summed E-state index contributed by atoms with van der Waals surface area (Å²) in [6.45, 7) is 3.73. The SMILES string of the molecule is COc1cccc(CCNC(=O)CNCc2ccccc2C)c1. The predicted octanol–water partition coefficient (Wildman–Crippen LogP) is 2.45. The van der Waals surface area contributed by atoms with Crippen LogP contribution >= 0.6 is 0 Å². The van der Waals surface area contributed by atoms with Crippen LogP contribution in [0.4, 0.5) is 0 Å². The van der Waals surface area contributed by atoms with Crippen molar-refractivity contribution in [3.05, 3.63) is 65.2 Å². The lowest BCUT2D eigenvalue weighted by Gasteiger charge is -2.09. The van der Waals surface area contributed by atoms with Crippen molar-refractivity contribution in [3.8, 4) is 5.75 Å². The molecule has 2 N–H and O–H groups in total. The molecule has 0 bridgehead atoms. The van der Waals surface area contributed by atoms with E-state index in [0.717, 1.165) is 17.7 Å². The van der Waals surface area contributed by atoms with Crippen LogP contribution in [0.2, 0.25) is 0 Å². The Morgan fingerprint density at radius 3 is 2.74 bits per heavy atom. The largest absolute Gasteiger partial charge is 0.497 e. The van der Waals surface area contributed by atoms with E-state index in [-0.39, 0.29) is 5.91 Å². The number of nitrogens with one attached hydrogen (secondary N) is 2. The lowest BCUT2D eigenvalue weighted by atomic mass is 10.1. The number of carbonyl (C=O) groups excluding carboxylic acids is 1. The molecule has 2 rings (SSSR count). The van der Waals surface area contributed by atoms with E-state index in [0.29, 0.717) is 19.6 Å². The van der Waals surface area contributed by atoms with Crippen molar-refractivity contribution in [3.63, 3.8) is 0 Å². The van der Waals surface area contributed by atoms with Crippen molar-refractivity contribution in [2.45, 2.75) is 19.9 Å². The van der Waals surface area contributed by atoms with E-state index in [1.807, 2.05) is 36.4 Å². The second-order valence-electron chi connectivity index (χ2n) is 5.48. The molecular formula is C19H24N2O2. The second kappa shape index (κ2) is 8.96. The van der Waals surface area contributed by atoms with Gasteiger partial charge in [0.1, 0.15) is 5.75 Å². The van der Waals surface area contributed by atoms with Gasteiger partial charge in [-0.1, -0.05) is 36.4 Å². The maximum atomic E-state index is 11.8. The molecule has 0 aliphatic rings. The van der Waals surface area contributed by atoms with E-state index in [1.54, 1.807) is 7.11 Å². The van der Waals surface area contributed by atoms with E-state index in [4.69, 9.17) is 4.74 Å². The van der Waals surface area contributed by atoms with Crippen molar-refractivity contribution in [2.75, 3.05) is 20.2 Å². The first kappa shape index (κ1) is 17.0. The Balaban J connectivity index is 1.66. The van der Waals surface area contributed by atoms with Crippen LogP contribution in [-0.2, 0) is 17.8 Å². The zero-order chi connectivity index (χ0) is 16.5. The molecule has 2 aromatic carbocycles. The highest BCUT2D eigenvalue weighted by atomic mass is 16.5. The molecule has 0 fully saturated rings. The number of rotatable bonds is 8. The van der Waals surface area contributed by atoms with Crippen molar-refractivity contribution in [1.29, 1.82) is 0 Å². The monoisotopic (exact) mass is 312 g/mol. The topological polar surface area (TPSA) is 50.4 Å². The van der Waals surface area contributed by atoms with Gasteiger partial charge in [-0.25, -0.2) is 0 Å². The van der Waals surface area contributed by atoms with Gasteiger partial charge >= 0.3 is 0 Å². The maximum Gasteiger partial charge on any atom is 0.233 e. The van der Waals surface area contributed by atoms with Gasteiger partial charge in [0.2, 0.25) is 5.91 Å². The number of ether oxygens (including phenoxy) is 1. The molecular weight excluding hydrogens is 288 g/mol. The number of methoxy groups -OCH3 is 1. The summed E-state index contributed by atoms with van der Waals surface area (Å²) in [5.74, 6) is 0.857. The molecule has 0 spiro atoms. The standard InChI is InChI=1S/C19H24N2O2/c1-15-6-3-4-8-17(15)13-20-14-19(22)21-11-10-16-7-5-9-18(12-16)23-2/h3-9,12,20H,10-11,13-14H2,1-2H3,(H,21,22). The normalized spacial score (nSPS) is 10.3. The van der Waals surface area contributed by atoms with Gasteiger partial charge in [0.15, 0.2) is 0 Å². The van der Waals surface area contributed by atoms with Crippen LogP contribution in [-0.4, -0.2) is 26.1 Å². The number of aryl methyl sites for hydroxylation is 1. The van der Waals surface area contributed by atoms with Crippen LogP contribution in [0.15, 0.2) is 48.5 Å². The summed E-state index contributed by atoms with van der Waals surface area (Å²) < 4.78 is 5.19. The first-order valence-electron chi connectivity index (χ1n) is 7.84. The van der Waals surface area contributed by atoms with E-state index in [2.05, 4.69) is 29.7 Å². The predicted molar refractivity (Wildman–Crippen MR) is 92.6 cm³/mol. The summed E-state index contributed by atoms with van der Waals surface area (Å²) in [6, 6.07) is 16.1. The molecule has 1 amide bonds. The zero-order valence-electron chi connectivity index (χ0n) is 13.8. The summed E-state index contributed by atoms with van der Waals surface area (Å²) in [7, 11) is 1.65. The van der Waals surface area contributed by atoms with E-state index in [1.165, 1.54) is 11.1 Å². The molecule has 122 valence electrons. The van der Waals surface area contributed by atoms with Crippen LogP contribution in [0.3, 0.4) is 0 Å². The minimum Gasteiger partial charge on any atom is -0.497 e. The van der Waals surface area contributed by atoms with E-state index < -0.39 is 0 Å². The quantitative estimate of drug-likeness (QED) is 0.787. The summed E-state index contributed by atoms with van der Waals surface area (Å²) in [4.78, 5) is 11.8. The minimum atomic E-state index is 0.0153. The van der Waals surface area contributed by atoms with Gasteiger partial charge in [-0.05, 0) is 42.2 Å². The minimum absolute atomic E-state index is 0.0153. The maximum absolute atomic E-state index is 11.8. The highest BCUT2D eigenvalue weighted by molar-refractivity contribution is 5.77. The fraction of sp³-hybridized carbons (Fsp3) is 0.316. The molecule has 4 nitrogen and oxygen atoms in total. The molecule has 0 aliphatic carbocycles. The zero-order valence-corrected chi connectivity index (χ0v) is 13.8. The average molecular weight is 312 g/mol. The summed E-state index contributed by atoms with van der Waals surface area (Å²) >= 11 is 0. The summed E-state index contributed by atoms with van der Waals surface area (Å²) in [6.07, 6.45) is 0.792. The molecule has 0 aliphatic heterocycles. The third-order valence-electron chi connectivity index (χ3n) is 3.73. The smallest absolute Gasteiger partial charge is 0.233 e. The molecule has 0 atom stereocenters. The number of hydrogen-bond donors (Lipinski definition) is 2. The highest BCUT2D eigenvalue weighted by Gasteiger charge is 2.02. The lowest BCUT2D eigenvalue weighted by Crippen LogP contribution is -2.34. The Bertz CT molecular complexity index is 641. The average Bonchev–Trinajstić information content (AvgIpc) is 2.57. The third kappa shape index (κ3) is 5.75. The summed E-state index contributed by atoms with van der Waals surface area (Å²) in [5.41, 5.74) is 3.60. The molecule has 23 heavy (non-hydrogen) atoms. The molecule has 0 aromatic heterocycles. The lowest BCUT2D eigenvalue weighted by molar-refractivity contribution is -0.120. The van der Waals surface area contributed by atoms with E-state index in [9.17, 15) is 4.79 Å². The number of amides is 1. The van der Waals surface area contributed by atoms with Crippen molar-refractivity contribution in [1.82, 2.24) is 10.6 Å². The molecule has 0 unspecified atom stereocenters. The molecule has 4 heteroatoms. The number of benzene rings is 2. The highest BCUT2D eigenvalue weighted by Crippen LogP contribution is 2.12. The van der Waals surface area contributed by atoms with Crippen molar-refractivity contribution in [2.24, 2.45) is 0 Å². The van der Waals surface area contributed by atoms with E-state index >= 15 is 0 Å². The van der Waals surface area contributed by atoms with Gasteiger partial charge in [0.05, 0.1) is 13.7 Å². The Morgan fingerprint density at radius 1 is 1.13 bits per heavy atom. The van der Waals surface area contributed by atoms with Crippen LogP contribution in [0, 0.1) is 6.92 Å². The molecule has 0 saturated heterocycles. The number of carbonyl (C=O) groups is 1. The third-order valence-corrected chi connectivity index (χ3v) is 3.73. The van der Waals surface area contributed by atoms with Gasteiger partial charge in [0, 0.05) is 13.1 Å². The van der Waals surface area contributed by atoms with Gasteiger partial charge in [-0.2, -0.15) is 0 Å². The van der Waals surface area contributed by atoms with Gasteiger partial charge in [-0.3, -0.25) is 4.79 Å². The van der Waals surface area contributed by atoms with Crippen molar-refractivity contribution >= 4 is 5.91 Å². The van der Waals surface area contributed by atoms with Gasteiger partial charge in [-0.15, -0.1) is 0 Å². The Kier molecular flexibility index (Phi) is 6.63. The second-order valence-corrected chi connectivity index (χ2v) is 5.48. The molecule has 0 radical (unpaired) electrons. The Labute approximate surface area is 137 Å². The molecule has 0 heterocycles. The Hall–Kier alpha value is -2.33. The van der Waals surface area contributed by atoms with Gasteiger partial charge in [0.25, 0.3) is 0 Å². The first-order chi connectivity index (χ1) is 11.2. The van der Waals surface area contributed by atoms with Crippen LogP contribution in [0.5, 0.6) is 5.75 Å². The fourth-order valence-electron chi connectivity index (χ4n) is 2.36. The van der Waals surface area contributed by atoms with Crippen LogP contribution in [0.25, 0.3) is 0 Å². The molecule has 0 saturated carbocycles. The Morgan fingerprint density at radius 2 is 1.96 bits per heavy atom. The van der Waals surface area contributed by atoms with Crippen molar-refractivity contribution < 1.29 is 9.53 Å². The van der Waals surface area contributed by atoms with Crippen LogP contribution in [0.1, 0.15) is 16.7 Å². The first-order valence-corrected chi connectivity index (χ1v) is 7.84. The fourth-order valence-corrected chi connectivity index (χ4v) is 2.36. The van der Waals surface area contributed by atoms with Gasteiger partial charge < -0.3 is 15.4 Å². The summed E-state index contributed by atoms with van der Waals surface area (Å²) in [5, 5.41) is 6.10. The molecule has 2 aromatic rings. The number of hydrogen-bond acceptors (Lipinski definition) is 3.